The summed E-state index contributed by atoms with van der Waals surface area (Å²) in [6.45, 7) is 5.37. The predicted octanol–water partition coefficient (Wildman–Crippen LogP) is 4.92. The molecule has 31 heavy (non-hydrogen) atoms. The second kappa shape index (κ2) is 7.51. The van der Waals surface area contributed by atoms with Crippen LogP contribution in [0, 0.1) is 24.7 Å². The Labute approximate surface area is 188 Å². The van der Waals surface area contributed by atoms with Gasteiger partial charge in [-0.3, -0.25) is 0 Å². The monoisotopic (exact) mass is 436 g/mol. The van der Waals surface area contributed by atoms with E-state index < -0.39 is 0 Å². The minimum atomic E-state index is 0.0984. The molecule has 0 unspecified atom stereocenters. The molecule has 0 spiro atoms. The van der Waals surface area contributed by atoms with Crippen molar-refractivity contribution in [2.75, 3.05) is 31.1 Å². The number of nitrogens with zero attached hydrogens (tertiary/aromatic N) is 3. The zero-order valence-electron chi connectivity index (χ0n) is 18.3. The topological polar surface area (TPSA) is 48.5 Å². The molecule has 2 heterocycles. The highest BCUT2D eigenvalue weighted by molar-refractivity contribution is 7.14. The Morgan fingerprint density at radius 2 is 1.61 bits per heavy atom. The minimum absolute atomic E-state index is 0.0984. The van der Waals surface area contributed by atoms with E-state index in [1.54, 1.807) is 11.3 Å². The van der Waals surface area contributed by atoms with Crippen LogP contribution in [0.4, 0.5) is 9.93 Å². The average Bonchev–Trinajstić information content (AvgIpc) is 3.23. The maximum atomic E-state index is 13.1. The van der Waals surface area contributed by atoms with Gasteiger partial charge in [0, 0.05) is 42.7 Å². The van der Waals surface area contributed by atoms with Gasteiger partial charge in [0.25, 0.3) is 0 Å². The number of aryl methyl sites for hydroxylation is 1. The van der Waals surface area contributed by atoms with Crippen LogP contribution in [0.25, 0.3) is 11.3 Å². The van der Waals surface area contributed by atoms with Crippen molar-refractivity contribution in [1.29, 1.82) is 0 Å². The smallest absolute Gasteiger partial charge is 0.317 e. The molecule has 1 saturated heterocycles. The summed E-state index contributed by atoms with van der Waals surface area (Å²) in [5, 5.41) is 6.75. The van der Waals surface area contributed by atoms with Crippen LogP contribution in [0.15, 0.2) is 29.6 Å². The molecule has 7 rings (SSSR count). The summed E-state index contributed by atoms with van der Waals surface area (Å²) in [5.74, 6) is 2.57. The van der Waals surface area contributed by atoms with Crippen LogP contribution in [-0.4, -0.2) is 47.6 Å². The van der Waals surface area contributed by atoms with Crippen LogP contribution in [0.5, 0.6) is 0 Å². The number of piperazine rings is 1. The van der Waals surface area contributed by atoms with Crippen molar-refractivity contribution in [3.8, 4) is 11.3 Å². The van der Waals surface area contributed by atoms with Gasteiger partial charge in [-0.25, -0.2) is 9.78 Å². The van der Waals surface area contributed by atoms with Gasteiger partial charge in [0.05, 0.1) is 5.69 Å². The lowest BCUT2D eigenvalue weighted by Crippen LogP contribution is -2.63. The summed E-state index contributed by atoms with van der Waals surface area (Å²) < 4.78 is 0. The minimum Gasteiger partial charge on any atom is -0.345 e. The number of carbonyl (C=O) groups is 1. The van der Waals surface area contributed by atoms with Crippen LogP contribution >= 0.6 is 11.3 Å². The molecule has 164 valence electrons. The largest absolute Gasteiger partial charge is 0.345 e. The van der Waals surface area contributed by atoms with Crippen LogP contribution in [0.1, 0.15) is 44.1 Å². The van der Waals surface area contributed by atoms with Gasteiger partial charge in [-0.1, -0.05) is 29.8 Å². The number of rotatable bonds is 3. The van der Waals surface area contributed by atoms with Crippen molar-refractivity contribution in [1.82, 2.24) is 15.2 Å². The van der Waals surface area contributed by atoms with Crippen molar-refractivity contribution >= 4 is 22.5 Å². The van der Waals surface area contributed by atoms with Crippen molar-refractivity contribution in [2.24, 2.45) is 17.8 Å². The molecule has 5 fully saturated rings. The quantitative estimate of drug-likeness (QED) is 0.743. The number of aromatic nitrogens is 1. The fraction of sp³-hybridized carbons (Fsp3) is 0.600. The molecule has 1 aromatic heterocycles. The number of carbonyl (C=O) groups excluding carboxylic acids is 1. The van der Waals surface area contributed by atoms with Gasteiger partial charge in [-0.2, -0.15) is 0 Å². The number of anilines is 1. The Morgan fingerprint density at radius 1 is 1.00 bits per heavy atom. The highest BCUT2D eigenvalue weighted by Crippen LogP contribution is 2.55. The van der Waals surface area contributed by atoms with Crippen LogP contribution < -0.4 is 10.2 Å². The summed E-state index contributed by atoms with van der Waals surface area (Å²) in [6, 6.07) is 8.72. The van der Waals surface area contributed by atoms with Crippen molar-refractivity contribution in [3.05, 3.63) is 35.2 Å². The summed E-state index contributed by atoms with van der Waals surface area (Å²) in [7, 11) is 0. The summed E-state index contributed by atoms with van der Waals surface area (Å²) in [4.78, 5) is 22.4. The Morgan fingerprint density at radius 3 is 2.23 bits per heavy atom. The molecule has 4 aliphatic carbocycles. The fourth-order valence-corrected chi connectivity index (χ4v) is 7.83. The number of amides is 2. The summed E-state index contributed by atoms with van der Waals surface area (Å²) in [6.07, 6.45) is 7.87. The standard InChI is InChI=1S/C25H32N4OS/c1-17-2-4-21(5-3-17)22-16-31-24(26-22)29-8-6-28(7-9-29)23(30)27-25-13-18-10-19(14-25)12-20(11-18)15-25/h2-5,16,18-20H,6-15H2,1H3,(H,27,30). The van der Waals surface area contributed by atoms with E-state index in [1.807, 2.05) is 4.90 Å². The zero-order chi connectivity index (χ0) is 21.0. The van der Waals surface area contributed by atoms with Crippen LogP contribution in [0.2, 0.25) is 0 Å². The molecular formula is C25H32N4OS. The molecule has 4 bridgehead atoms. The van der Waals surface area contributed by atoms with Gasteiger partial charge in [-0.05, 0) is 63.2 Å². The first-order valence-electron chi connectivity index (χ1n) is 11.9. The maximum absolute atomic E-state index is 13.1. The summed E-state index contributed by atoms with van der Waals surface area (Å²) in [5.41, 5.74) is 3.58. The Bertz CT molecular complexity index is 925. The first-order chi connectivity index (χ1) is 15.1. The second-order valence-electron chi connectivity index (χ2n) is 10.5. The maximum Gasteiger partial charge on any atom is 0.317 e. The Kier molecular flexibility index (Phi) is 4.74. The molecule has 4 saturated carbocycles. The fourth-order valence-electron chi connectivity index (χ4n) is 6.94. The molecule has 6 heteroatoms. The number of thiazole rings is 1. The molecule has 5 nitrogen and oxygen atoms in total. The van der Waals surface area contributed by atoms with E-state index in [-0.39, 0.29) is 11.6 Å². The number of urea groups is 1. The van der Waals surface area contributed by atoms with Crippen LogP contribution in [-0.2, 0) is 0 Å². The van der Waals surface area contributed by atoms with E-state index in [2.05, 4.69) is 46.8 Å². The first kappa shape index (κ1) is 19.6. The molecule has 0 atom stereocenters. The van der Waals surface area contributed by atoms with Gasteiger partial charge in [0.2, 0.25) is 0 Å². The predicted molar refractivity (Wildman–Crippen MR) is 126 cm³/mol. The Hall–Kier alpha value is -2.08. The van der Waals surface area contributed by atoms with E-state index >= 15 is 0 Å². The molecule has 2 aromatic rings. The van der Waals surface area contributed by atoms with Gasteiger partial charge < -0.3 is 15.1 Å². The molecule has 2 amide bonds. The molecule has 5 aliphatic rings. The van der Waals surface area contributed by atoms with Crippen LogP contribution in [0.3, 0.4) is 0 Å². The average molecular weight is 437 g/mol. The van der Waals surface area contributed by atoms with Crippen molar-refractivity contribution in [2.45, 2.75) is 51.0 Å². The molecule has 1 aromatic carbocycles. The first-order valence-corrected chi connectivity index (χ1v) is 12.8. The SMILES string of the molecule is Cc1ccc(-c2csc(N3CCN(C(=O)NC45CC6CC(CC(C6)C4)C5)CC3)n2)cc1. The Balaban J connectivity index is 1.06. The number of nitrogens with one attached hydrogen (secondary N) is 1. The number of hydrogen-bond donors (Lipinski definition) is 1. The van der Waals surface area contributed by atoms with Gasteiger partial charge in [0.15, 0.2) is 5.13 Å². The molecule has 0 radical (unpaired) electrons. The zero-order valence-corrected chi connectivity index (χ0v) is 19.2. The lowest BCUT2D eigenvalue weighted by Gasteiger charge is -2.57. The van der Waals surface area contributed by atoms with E-state index in [9.17, 15) is 4.79 Å². The lowest BCUT2D eigenvalue weighted by molar-refractivity contribution is -0.0157. The highest BCUT2D eigenvalue weighted by atomic mass is 32.1. The summed E-state index contributed by atoms with van der Waals surface area (Å²) >= 11 is 1.70. The second-order valence-corrected chi connectivity index (χ2v) is 11.3. The number of benzene rings is 1. The number of hydrogen-bond acceptors (Lipinski definition) is 4. The third kappa shape index (κ3) is 3.73. The molecule has 1 aliphatic heterocycles. The van der Waals surface area contributed by atoms with E-state index in [0.717, 1.165) is 54.8 Å². The molecular weight excluding hydrogens is 404 g/mol. The normalized spacial score (nSPS) is 31.8. The van der Waals surface area contributed by atoms with E-state index in [1.165, 1.54) is 49.7 Å². The third-order valence-electron chi connectivity index (χ3n) is 8.09. The van der Waals surface area contributed by atoms with Gasteiger partial charge >= 0.3 is 6.03 Å². The van der Waals surface area contributed by atoms with Crippen molar-refractivity contribution in [3.63, 3.8) is 0 Å². The van der Waals surface area contributed by atoms with Crippen molar-refractivity contribution < 1.29 is 4.79 Å². The highest BCUT2D eigenvalue weighted by Gasteiger charge is 2.51. The van der Waals surface area contributed by atoms with Gasteiger partial charge in [0.1, 0.15) is 0 Å². The van der Waals surface area contributed by atoms with E-state index in [4.69, 9.17) is 4.98 Å². The van der Waals surface area contributed by atoms with E-state index in [0.29, 0.717) is 0 Å². The lowest BCUT2D eigenvalue weighted by atomic mass is 9.53. The van der Waals surface area contributed by atoms with Gasteiger partial charge in [-0.15, -0.1) is 11.3 Å². The molecule has 1 N–H and O–H groups in total. The third-order valence-corrected chi connectivity index (χ3v) is 8.99.